The summed E-state index contributed by atoms with van der Waals surface area (Å²) in [4.78, 5) is 8.53. The highest BCUT2D eigenvalue weighted by Crippen LogP contribution is 2.64. The van der Waals surface area contributed by atoms with Gasteiger partial charge in [0.05, 0.1) is 11.2 Å². The summed E-state index contributed by atoms with van der Waals surface area (Å²) in [5.74, 6) is 0. The molecule has 0 saturated heterocycles. The topological polar surface area (TPSA) is 9.72 Å². The highest BCUT2D eigenvalue weighted by atomic mass is 32.1. The molecule has 5 heteroatoms. The fraction of sp³-hybridized carbons (Fsp3) is 0.422. The predicted octanol–water partition coefficient (Wildman–Crippen LogP) is 21.5. The minimum atomic E-state index is -0.201. The molecule has 3 aliphatic heterocycles. The fourth-order valence-electron chi connectivity index (χ4n) is 19.3. The van der Waals surface area contributed by atoms with E-state index in [0.29, 0.717) is 0 Å². The van der Waals surface area contributed by atoms with E-state index in [-0.39, 0.29) is 55.6 Å². The Morgan fingerprint density at radius 1 is 0.398 bits per heavy atom. The predicted molar refractivity (Wildman–Crippen MR) is 382 cm³/mol. The van der Waals surface area contributed by atoms with Gasteiger partial charge in [0.25, 0.3) is 6.71 Å². The summed E-state index contributed by atoms with van der Waals surface area (Å²) in [6, 6.07) is 57.6. The third-order valence-electron chi connectivity index (χ3n) is 24.7. The second-order valence-corrected chi connectivity index (χ2v) is 35.2. The Morgan fingerprint density at radius 3 is 1.60 bits per heavy atom. The Labute approximate surface area is 531 Å². The summed E-state index contributed by atoms with van der Waals surface area (Å²) in [5, 5.41) is 2.68. The van der Waals surface area contributed by atoms with Gasteiger partial charge in [-0.25, -0.2) is 0 Å². The summed E-state index contributed by atoms with van der Waals surface area (Å²) in [6.45, 7) is 42.4. The van der Waals surface area contributed by atoms with Gasteiger partial charge in [0.2, 0.25) is 0 Å². The minimum absolute atomic E-state index is 0.00528. The summed E-state index contributed by atoms with van der Waals surface area (Å²) in [6.07, 6.45) is 10.5. The maximum absolute atomic E-state index is 2.90. The third kappa shape index (κ3) is 7.79. The van der Waals surface area contributed by atoms with E-state index in [1.807, 2.05) is 11.3 Å². The van der Waals surface area contributed by atoms with Crippen molar-refractivity contribution < 1.29 is 0 Å². The van der Waals surface area contributed by atoms with Crippen LogP contribution in [-0.4, -0.2) is 12.3 Å². The quantitative estimate of drug-likeness (QED) is 0.163. The first kappa shape index (κ1) is 56.7. The molecule has 0 amide bonds. The average molecular weight is 1170 g/mol. The van der Waals surface area contributed by atoms with Gasteiger partial charge in [0, 0.05) is 65.4 Å². The SMILES string of the molecule is CC(C)(C)c1ccc(-c2ccc3c(c2)C2(C)CCCCC2(C)N3c2cc3c4c(c2)N(c2cccc5sc6ccccc6c25)c2cc5c(cc2B4c2cc4c(cc2N3c2ccc3c(c2)C(C)(C)CCC3(C)C)C(C)(C)CCC4(C)C)C(C)(C)CC5(C)C)cc1. The molecule has 9 aromatic rings. The fourth-order valence-corrected chi connectivity index (χ4v) is 20.4. The third-order valence-corrected chi connectivity index (χ3v) is 25.8. The molecule has 8 aromatic carbocycles. The normalized spacial score (nSPS) is 23.4. The van der Waals surface area contributed by atoms with Crippen molar-refractivity contribution in [1.82, 2.24) is 0 Å². The van der Waals surface area contributed by atoms with Crippen LogP contribution in [0.4, 0.5) is 45.5 Å². The lowest BCUT2D eigenvalue weighted by Gasteiger charge is -2.51. The van der Waals surface area contributed by atoms with Gasteiger partial charge in [0.15, 0.2) is 0 Å². The summed E-state index contributed by atoms with van der Waals surface area (Å²) < 4.78 is 2.67. The molecule has 88 heavy (non-hydrogen) atoms. The van der Waals surface area contributed by atoms with Crippen LogP contribution < -0.4 is 31.1 Å². The number of hydrogen-bond donors (Lipinski definition) is 0. The zero-order chi connectivity index (χ0) is 61.6. The van der Waals surface area contributed by atoms with Crippen LogP contribution in [0.1, 0.15) is 220 Å². The molecule has 1 saturated carbocycles. The van der Waals surface area contributed by atoms with Crippen molar-refractivity contribution >= 4 is 100 Å². The molecule has 16 rings (SSSR count). The van der Waals surface area contributed by atoms with Gasteiger partial charge in [-0.15, -0.1) is 11.3 Å². The molecule has 3 nitrogen and oxygen atoms in total. The van der Waals surface area contributed by atoms with Crippen molar-refractivity contribution in [2.24, 2.45) is 0 Å². The number of benzene rings is 8. The molecule has 1 fully saturated rings. The maximum Gasteiger partial charge on any atom is 0.252 e. The van der Waals surface area contributed by atoms with Crippen LogP contribution in [0.5, 0.6) is 0 Å². The number of fused-ring (bicyclic) bond motifs is 13. The first-order chi connectivity index (χ1) is 41.4. The lowest BCUT2D eigenvalue weighted by atomic mass is 9.33. The molecule has 1 aromatic heterocycles. The Balaban J connectivity index is 1.05. The Kier molecular flexibility index (Phi) is 11.7. The second-order valence-electron chi connectivity index (χ2n) is 34.1. The molecule has 7 aliphatic rings. The Hall–Kier alpha value is -6.56. The van der Waals surface area contributed by atoms with Crippen LogP contribution in [0.15, 0.2) is 140 Å². The van der Waals surface area contributed by atoms with Gasteiger partial charge in [0.1, 0.15) is 0 Å². The molecule has 0 N–H and O–H groups in total. The Morgan fingerprint density at radius 2 is 0.943 bits per heavy atom. The summed E-state index contributed by atoms with van der Waals surface area (Å²) in [7, 11) is 0. The molecule has 2 unspecified atom stereocenters. The summed E-state index contributed by atoms with van der Waals surface area (Å²) in [5.41, 5.74) is 29.3. The molecule has 0 spiro atoms. The standard InChI is InChI=1S/C83H92BN3S/c1-75(2,3)52-30-27-50(28-31-52)51-29-34-65-62(41-51)82(16)35-20-21-36-83(82,17)87(65)54-43-69-74-70(44-54)86(66-24-22-26-72-73(66)55-23-18-19-25-71(55)88-72)68-48-61-59(80(12,13)49-81(61,14)15)46-64(68)84(74)63-45-58-60(79(10,11)40-39-78(58,8)9)47-67(63)85(69)53-32-33-56-57(42-53)77(6,7)38-37-76(56,4)5/h18-19,22-34,41-48H,20-21,35-40,49H2,1-17H3. The van der Waals surface area contributed by atoms with Crippen LogP contribution in [-0.2, 0) is 43.3 Å². The molecular weight excluding hydrogens is 1080 g/mol. The van der Waals surface area contributed by atoms with Crippen LogP contribution in [0, 0.1) is 0 Å². The van der Waals surface area contributed by atoms with Crippen molar-refractivity contribution in [2.75, 3.05) is 14.7 Å². The summed E-state index contributed by atoms with van der Waals surface area (Å²) >= 11 is 1.94. The number of thiophene rings is 1. The van der Waals surface area contributed by atoms with Crippen LogP contribution in [0.25, 0.3) is 31.3 Å². The monoisotopic (exact) mass is 1170 g/mol. The van der Waals surface area contributed by atoms with E-state index in [1.54, 1.807) is 0 Å². The molecule has 4 heterocycles. The van der Waals surface area contributed by atoms with Gasteiger partial charge in [-0.1, -0.05) is 196 Å². The van der Waals surface area contributed by atoms with Crippen molar-refractivity contribution in [3.05, 3.63) is 184 Å². The first-order valence-corrected chi connectivity index (χ1v) is 34.5. The van der Waals surface area contributed by atoms with Gasteiger partial charge in [-0.3, -0.25) is 0 Å². The van der Waals surface area contributed by atoms with E-state index in [2.05, 4.69) is 272 Å². The minimum Gasteiger partial charge on any atom is -0.334 e. The highest BCUT2D eigenvalue weighted by molar-refractivity contribution is 7.26. The van der Waals surface area contributed by atoms with Crippen LogP contribution >= 0.6 is 11.3 Å². The van der Waals surface area contributed by atoms with Crippen molar-refractivity contribution in [3.63, 3.8) is 0 Å². The van der Waals surface area contributed by atoms with Crippen molar-refractivity contribution in [1.29, 1.82) is 0 Å². The average Bonchev–Trinajstić information content (AvgIpc) is 1.16. The van der Waals surface area contributed by atoms with Crippen LogP contribution in [0.3, 0.4) is 0 Å². The van der Waals surface area contributed by atoms with E-state index in [0.717, 1.165) is 25.7 Å². The van der Waals surface area contributed by atoms with Gasteiger partial charge in [-0.05, 0) is 229 Å². The number of nitrogens with zero attached hydrogens (tertiary/aromatic N) is 3. The van der Waals surface area contributed by atoms with Crippen molar-refractivity contribution in [3.8, 4) is 11.1 Å². The van der Waals surface area contributed by atoms with Crippen molar-refractivity contribution in [2.45, 2.75) is 224 Å². The van der Waals surface area contributed by atoms with E-state index < -0.39 is 0 Å². The van der Waals surface area contributed by atoms with E-state index in [4.69, 9.17) is 0 Å². The van der Waals surface area contributed by atoms with Gasteiger partial charge >= 0.3 is 0 Å². The van der Waals surface area contributed by atoms with E-state index in [1.165, 1.54) is 170 Å². The molecule has 0 radical (unpaired) electrons. The molecule has 4 aliphatic carbocycles. The lowest BCUT2D eigenvalue weighted by Crippen LogP contribution is -2.62. The van der Waals surface area contributed by atoms with E-state index in [9.17, 15) is 0 Å². The van der Waals surface area contributed by atoms with Crippen LogP contribution in [0.2, 0.25) is 0 Å². The number of hydrogen-bond acceptors (Lipinski definition) is 4. The highest BCUT2D eigenvalue weighted by Gasteiger charge is 2.59. The smallest absolute Gasteiger partial charge is 0.252 e. The first-order valence-electron chi connectivity index (χ1n) is 33.7. The van der Waals surface area contributed by atoms with E-state index >= 15 is 0 Å². The zero-order valence-electron chi connectivity index (χ0n) is 56.0. The largest absolute Gasteiger partial charge is 0.334 e. The molecule has 0 bridgehead atoms. The number of anilines is 8. The zero-order valence-corrected chi connectivity index (χ0v) is 56.8. The van der Waals surface area contributed by atoms with Gasteiger partial charge in [-0.2, -0.15) is 0 Å². The molecule has 448 valence electrons. The Bertz CT molecular complexity index is 4480. The molecular formula is C83H92BN3S. The lowest BCUT2D eigenvalue weighted by molar-refractivity contribution is 0.195. The van der Waals surface area contributed by atoms with Gasteiger partial charge < -0.3 is 14.7 Å². The maximum atomic E-state index is 2.90. The number of rotatable bonds is 4. The molecule has 2 atom stereocenters. The second kappa shape index (κ2) is 18.1.